The third-order valence-corrected chi connectivity index (χ3v) is 3.48. The molecule has 0 aliphatic carbocycles. The molecule has 1 atom stereocenters. The molecule has 2 heterocycles. The normalized spacial score (nSPS) is 24.1. The Labute approximate surface area is 101 Å². The second kappa shape index (κ2) is 4.55. The van der Waals surface area contributed by atoms with E-state index >= 15 is 0 Å². The monoisotopic (exact) mass is 234 g/mol. The molecule has 0 spiro atoms. The van der Waals surface area contributed by atoms with Gasteiger partial charge in [0.05, 0.1) is 12.7 Å². The van der Waals surface area contributed by atoms with Crippen molar-refractivity contribution in [3.8, 4) is 5.75 Å². The molecule has 0 bridgehead atoms. The highest BCUT2D eigenvalue weighted by Gasteiger charge is 2.21. The molecule has 2 aliphatic rings. The minimum Gasteiger partial charge on any atom is -0.493 e. The Morgan fingerprint density at radius 2 is 2.12 bits per heavy atom. The van der Waals surface area contributed by atoms with Crippen molar-refractivity contribution in [1.82, 2.24) is 5.32 Å². The number of piperazine rings is 1. The molecule has 0 saturated carbocycles. The number of nitrogens with one attached hydrogen (secondary N) is 1. The summed E-state index contributed by atoms with van der Waals surface area (Å²) in [5.41, 5.74) is 2.13. The first-order chi connectivity index (χ1) is 8.34. The summed E-state index contributed by atoms with van der Waals surface area (Å²) in [5, 5.41) is 13.3. The third-order valence-electron chi connectivity index (χ3n) is 3.48. The lowest BCUT2D eigenvalue weighted by Gasteiger charge is -2.31. The third kappa shape index (κ3) is 2.10. The van der Waals surface area contributed by atoms with Gasteiger partial charge in [-0.3, -0.25) is 0 Å². The molecule has 17 heavy (non-hydrogen) atoms. The molecule has 4 heteroatoms. The molecular formula is C13H18N2O2. The summed E-state index contributed by atoms with van der Waals surface area (Å²) < 4.78 is 5.55. The molecule has 3 rings (SSSR count). The van der Waals surface area contributed by atoms with Crippen LogP contribution in [-0.2, 0) is 0 Å². The molecule has 0 unspecified atom stereocenters. The van der Waals surface area contributed by atoms with Gasteiger partial charge in [-0.25, -0.2) is 0 Å². The number of hydrogen-bond acceptors (Lipinski definition) is 4. The van der Waals surface area contributed by atoms with Gasteiger partial charge < -0.3 is 20.1 Å². The minimum atomic E-state index is -0.374. The van der Waals surface area contributed by atoms with E-state index in [2.05, 4.69) is 22.3 Å². The van der Waals surface area contributed by atoms with E-state index in [1.165, 1.54) is 5.69 Å². The molecule has 1 saturated heterocycles. The van der Waals surface area contributed by atoms with Crippen LogP contribution in [0.25, 0.3) is 0 Å². The summed E-state index contributed by atoms with van der Waals surface area (Å²) in [5.74, 6) is 0.836. The first kappa shape index (κ1) is 10.9. The SMILES string of the molecule is O[C@@H]1CCOc2ccc(N3CCNCC3)cc21. The molecule has 4 nitrogen and oxygen atoms in total. The number of rotatable bonds is 1. The highest BCUT2D eigenvalue weighted by molar-refractivity contribution is 5.54. The van der Waals surface area contributed by atoms with Crippen molar-refractivity contribution < 1.29 is 9.84 Å². The van der Waals surface area contributed by atoms with Crippen molar-refractivity contribution in [3.05, 3.63) is 23.8 Å². The van der Waals surface area contributed by atoms with Gasteiger partial charge in [-0.1, -0.05) is 0 Å². The maximum absolute atomic E-state index is 9.97. The smallest absolute Gasteiger partial charge is 0.125 e. The fourth-order valence-electron chi connectivity index (χ4n) is 2.48. The second-order valence-electron chi connectivity index (χ2n) is 4.61. The minimum absolute atomic E-state index is 0.374. The zero-order valence-electron chi connectivity index (χ0n) is 9.85. The van der Waals surface area contributed by atoms with Gasteiger partial charge in [0.15, 0.2) is 0 Å². The number of fused-ring (bicyclic) bond motifs is 1. The number of anilines is 1. The van der Waals surface area contributed by atoms with Gasteiger partial charge in [0.25, 0.3) is 0 Å². The summed E-state index contributed by atoms with van der Waals surface area (Å²) >= 11 is 0. The highest BCUT2D eigenvalue weighted by atomic mass is 16.5. The summed E-state index contributed by atoms with van der Waals surface area (Å²) in [6.07, 6.45) is 0.319. The Kier molecular flexibility index (Phi) is 2.91. The maximum Gasteiger partial charge on any atom is 0.125 e. The van der Waals surface area contributed by atoms with Crippen LogP contribution >= 0.6 is 0 Å². The zero-order chi connectivity index (χ0) is 11.7. The van der Waals surface area contributed by atoms with E-state index in [-0.39, 0.29) is 6.10 Å². The van der Waals surface area contributed by atoms with Gasteiger partial charge in [0.2, 0.25) is 0 Å². The first-order valence-corrected chi connectivity index (χ1v) is 6.25. The molecule has 0 radical (unpaired) electrons. The fraction of sp³-hybridized carbons (Fsp3) is 0.538. The molecule has 0 amide bonds. The van der Waals surface area contributed by atoms with Crippen molar-refractivity contribution in [3.63, 3.8) is 0 Å². The van der Waals surface area contributed by atoms with Crippen LogP contribution in [0.2, 0.25) is 0 Å². The second-order valence-corrected chi connectivity index (χ2v) is 4.61. The van der Waals surface area contributed by atoms with E-state index < -0.39 is 0 Å². The summed E-state index contributed by atoms with van der Waals surface area (Å²) in [4.78, 5) is 2.35. The van der Waals surface area contributed by atoms with Crippen LogP contribution in [0.3, 0.4) is 0 Å². The van der Waals surface area contributed by atoms with Gasteiger partial charge in [0, 0.05) is 43.9 Å². The number of aliphatic hydroxyl groups is 1. The van der Waals surface area contributed by atoms with Crippen LogP contribution < -0.4 is 15.0 Å². The molecule has 92 valence electrons. The Bertz CT molecular complexity index is 402. The average Bonchev–Trinajstić information content (AvgIpc) is 2.40. The molecule has 1 aromatic carbocycles. The number of ether oxygens (including phenoxy) is 1. The van der Waals surface area contributed by atoms with Crippen molar-refractivity contribution in [2.45, 2.75) is 12.5 Å². The number of nitrogens with zero attached hydrogens (tertiary/aromatic N) is 1. The van der Waals surface area contributed by atoms with Crippen molar-refractivity contribution in [1.29, 1.82) is 0 Å². The summed E-state index contributed by atoms with van der Waals surface area (Å²) in [6.45, 7) is 4.71. The summed E-state index contributed by atoms with van der Waals surface area (Å²) in [6, 6.07) is 6.14. The predicted octanol–water partition coefficient (Wildman–Crippen LogP) is 0.912. The number of hydrogen-bond donors (Lipinski definition) is 2. The van der Waals surface area contributed by atoms with Crippen molar-refractivity contribution >= 4 is 5.69 Å². The topological polar surface area (TPSA) is 44.7 Å². The van der Waals surface area contributed by atoms with Crippen molar-refractivity contribution in [2.75, 3.05) is 37.7 Å². The molecular weight excluding hydrogens is 216 g/mol. The average molecular weight is 234 g/mol. The van der Waals surface area contributed by atoms with E-state index in [0.29, 0.717) is 13.0 Å². The summed E-state index contributed by atoms with van der Waals surface area (Å²) in [7, 11) is 0. The van der Waals surface area contributed by atoms with Crippen LogP contribution in [-0.4, -0.2) is 37.9 Å². The van der Waals surface area contributed by atoms with Gasteiger partial charge in [-0.15, -0.1) is 0 Å². The first-order valence-electron chi connectivity index (χ1n) is 6.25. The van der Waals surface area contributed by atoms with Gasteiger partial charge in [-0.2, -0.15) is 0 Å². The van der Waals surface area contributed by atoms with Crippen LogP contribution in [0.4, 0.5) is 5.69 Å². The molecule has 0 aromatic heterocycles. The van der Waals surface area contributed by atoms with E-state index in [9.17, 15) is 5.11 Å². The molecule has 2 aliphatic heterocycles. The Balaban J connectivity index is 1.88. The van der Waals surface area contributed by atoms with E-state index in [0.717, 1.165) is 37.5 Å². The molecule has 1 aromatic rings. The Morgan fingerprint density at radius 1 is 1.29 bits per heavy atom. The van der Waals surface area contributed by atoms with E-state index in [1.54, 1.807) is 0 Å². The molecule has 1 fully saturated rings. The maximum atomic E-state index is 9.97. The van der Waals surface area contributed by atoms with E-state index in [1.807, 2.05) is 6.07 Å². The van der Waals surface area contributed by atoms with Crippen LogP contribution in [0.5, 0.6) is 5.75 Å². The van der Waals surface area contributed by atoms with Crippen LogP contribution in [0, 0.1) is 0 Å². The number of aliphatic hydroxyl groups excluding tert-OH is 1. The lowest BCUT2D eigenvalue weighted by molar-refractivity contribution is 0.115. The van der Waals surface area contributed by atoms with Crippen LogP contribution in [0.15, 0.2) is 18.2 Å². The lowest BCUT2D eigenvalue weighted by Crippen LogP contribution is -2.43. The largest absolute Gasteiger partial charge is 0.493 e. The quantitative estimate of drug-likeness (QED) is 0.758. The van der Waals surface area contributed by atoms with Crippen molar-refractivity contribution in [2.24, 2.45) is 0 Å². The standard InChI is InChI=1S/C13H18N2O2/c16-12-3-8-17-13-2-1-10(9-11(12)13)15-6-4-14-5-7-15/h1-2,9,12,14,16H,3-8H2/t12-/m1/s1. The Morgan fingerprint density at radius 3 is 2.94 bits per heavy atom. The Hall–Kier alpha value is -1.26. The lowest BCUT2D eigenvalue weighted by atomic mass is 10.0. The highest BCUT2D eigenvalue weighted by Crippen LogP contribution is 2.34. The molecule has 2 N–H and O–H groups in total. The van der Waals surface area contributed by atoms with Crippen LogP contribution in [0.1, 0.15) is 18.1 Å². The van der Waals surface area contributed by atoms with Gasteiger partial charge in [-0.05, 0) is 18.2 Å². The predicted molar refractivity (Wildman–Crippen MR) is 66.6 cm³/mol. The fourth-order valence-corrected chi connectivity index (χ4v) is 2.48. The van der Waals surface area contributed by atoms with Gasteiger partial charge in [0.1, 0.15) is 5.75 Å². The van der Waals surface area contributed by atoms with Gasteiger partial charge >= 0.3 is 0 Å². The number of benzene rings is 1. The zero-order valence-corrected chi connectivity index (χ0v) is 9.85. The van der Waals surface area contributed by atoms with E-state index in [4.69, 9.17) is 4.74 Å².